The number of pyridine rings is 1. The number of aryl methyl sites for hydroxylation is 1. The van der Waals surface area contributed by atoms with Crippen LogP contribution >= 0.6 is 0 Å². The molecule has 0 saturated carbocycles. The third-order valence-corrected chi connectivity index (χ3v) is 6.65. The maximum Gasteiger partial charge on any atom is 0.261 e. The first-order valence-corrected chi connectivity index (χ1v) is 11.9. The van der Waals surface area contributed by atoms with Crippen molar-refractivity contribution in [3.05, 3.63) is 90.8 Å². The maximum absolute atomic E-state index is 12.8. The molecule has 0 fully saturated rings. The summed E-state index contributed by atoms with van der Waals surface area (Å²) in [5.74, 6) is 0.599. The van der Waals surface area contributed by atoms with Gasteiger partial charge in [-0.05, 0) is 60.5 Å². The van der Waals surface area contributed by atoms with Crippen molar-refractivity contribution in [3.63, 3.8) is 0 Å². The van der Waals surface area contributed by atoms with E-state index in [4.69, 9.17) is 5.10 Å². The lowest BCUT2D eigenvalue weighted by molar-refractivity contribution is 0.601. The molecule has 0 saturated heterocycles. The molecule has 0 amide bonds. The van der Waals surface area contributed by atoms with Crippen molar-refractivity contribution < 1.29 is 8.42 Å². The van der Waals surface area contributed by atoms with E-state index in [0.717, 1.165) is 23.1 Å². The van der Waals surface area contributed by atoms with E-state index in [2.05, 4.69) is 19.9 Å². The SMILES string of the molecule is CCc1ccc(S(=O)(=O)Nc2cccc(-c3ccc4nnc(-c5ccncc5)n4n3)c2)cc1. The van der Waals surface area contributed by atoms with E-state index in [1.807, 2.05) is 49.4 Å². The number of hydrogen-bond donors (Lipinski definition) is 1. The molecule has 3 aromatic heterocycles. The predicted octanol–water partition coefficient (Wildman–Crippen LogP) is 4.22. The van der Waals surface area contributed by atoms with Crippen molar-refractivity contribution in [2.75, 3.05) is 4.72 Å². The molecular weight excluding hydrogens is 436 g/mol. The molecule has 1 N–H and O–H groups in total. The minimum atomic E-state index is -3.71. The zero-order chi connectivity index (χ0) is 22.8. The highest BCUT2D eigenvalue weighted by Crippen LogP contribution is 2.25. The van der Waals surface area contributed by atoms with Crippen LogP contribution in [0.15, 0.2) is 90.1 Å². The highest BCUT2D eigenvalue weighted by atomic mass is 32.2. The lowest BCUT2D eigenvalue weighted by Crippen LogP contribution is -2.13. The minimum Gasteiger partial charge on any atom is -0.280 e. The Balaban J connectivity index is 1.47. The van der Waals surface area contributed by atoms with Crippen molar-refractivity contribution in [2.45, 2.75) is 18.2 Å². The van der Waals surface area contributed by atoms with Crippen molar-refractivity contribution in [2.24, 2.45) is 0 Å². The lowest BCUT2D eigenvalue weighted by atomic mass is 10.1. The first-order chi connectivity index (χ1) is 16.0. The first kappa shape index (κ1) is 20.8. The van der Waals surface area contributed by atoms with Crippen LogP contribution in [-0.4, -0.2) is 33.2 Å². The molecule has 0 atom stereocenters. The first-order valence-electron chi connectivity index (χ1n) is 10.4. The zero-order valence-corrected chi connectivity index (χ0v) is 18.6. The van der Waals surface area contributed by atoms with Crippen molar-refractivity contribution in [1.82, 2.24) is 24.8 Å². The van der Waals surface area contributed by atoms with Crippen LogP contribution < -0.4 is 4.72 Å². The second kappa shape index (κ2) is 8.44. The monoisotopic (exact) mass is 456 g/mol. The predicted molar refractivity (Wildman–Crippen MR) is 126 cm³/mol. The Morgan fingerprint density at radius 1 is 0.879 bits per heavy atom. The Morgan fingerprint density at radius 2 is 1.67 bits per heavy atom. The largest absolute Gasteiger partial charge is 0.280 e. The van der Waals surface area contributed by atoms with E-state index in [-0.39, 0.29) is 4.90 Å². The van der Waals surface area contributed by atoms with Gasteiger partial charge >= 0.3 is 0 Å². The number of rotatable bonds is 6. The molecule has 3 heterocycles. The van der Waals surface area contributed by atoms with Crippen LogP contribution in [0.2, 0.25) is 0 Å². The molecule has 33 heavy (non-hydrogen) atoms. The van der Waals surface area contributed by atoms with Crippen LogP contribution in [0.5, 0.6) is 0 Å². The number of hydrogen-bond acceptors (Lipinski definition) is 6. The Kier molecular flexibility index (Phi) is 5.31. The van der Waals surface area contributed by atoms with Gasteiger partial charge in [-0.3, -0.25) is 9.71 Å². The van der Waals surface area contributed by atoms with Gasteiger partial charge in [-0.25, -0.2) is 8.42 Å². The zero-order valence-electron chi connectivity index (χ0n) is 17.8. The molecule has 164 valence electrons. The van der Waals surface area contributed by atoms with Crippen molar-refractivity contribution in [3.8, 4) is 22.6 Å². The van der Waals surface area contributed by atoms with Crippen LogP contribution in [0, 0.1) is 0 Å². The van der Waals surface area contributed by atoms with E-state index in [1.165, 1.54) is 0 Å². The van der Waals surface area contributed by atoms with Gasteiger partial charge in [-0.1, -0.05) is 31.2 Å². The summed E-state index contributed by atoms with van der Waals surface area (Å²) in [4.78, 5) is 4.25. The number of nitrogens with one attached hydrogen (secondary N) is 1. The molecule has 8 nitrogen and oxygen atoms in total. The molecule has 0 spiro atoms. The smallest absolute Gasteiger partial charge is 0.261 e. The Bertz CT molecular complexity index is 1530. The van der Waals surface area contributed by atoms with Gasteiger partial charge in [0.25, 0.3) is 10.0 Å². The number of nitrogens with zero attached hydrogens (tertiary/aromatic N) is 5. The molecule has 5 rings (SSSR count). The summed E-state index contributed by atoms with van der Waals surface area (Å²) in [5.41, 5.74) is 4.40. The fourth-order valence-electron chi connectivity index (χ4n) is 3.48. The van der Waals surface area contributed by atoms with E-state index in [9.17, 15) is 8.42 Å². The van der Waals surface area contributed by atoms with Crippen LogP contribution in [0.1, 0.15) is 12.5 Å². The van der Waals surface area contributed by atoms with Gasteiger partial charge in [0, 0.05) is 29.2 Å². The van der Waals surface area contributed by atoms with Gasteiger partial charge in [0.1, 0.15) is 0 Å². The molecule has 0 aliphatic carbocycles. The molecule has 5 aromatic rings. The summed E-state index contributed by atoms with van der Waals surface area (Å²) in [6.07, 6.45) is 4.22. The quantitative estimate of drug-likeness (QED) is 0.411. The molecule has 0 aliphatic heterocycles. The van der Waals surface area contributed by atoms with E-state index in [1.54, 1.807) is 47.2 Å². The Hall–Kier alpha value is -4.11. The summed E-state index contributed by atoms with van der Waals surface area (Å²) in [6.45, 7) is 2.03. The second-order valence-corrected chi connectivity index (χ2v) is 9.11. The molecule has 0 radical (unpaired) electrons. The van der Waals surface area contributed by atoms with Gasteiger partial charge in [-0.2, -0.15) is 9.61 Å². The minimum absolute atomic E-state index is 0.219. The van der Waals surface area contributed by atoms with E-state index in [0.29, 0.717) is 22.9 Å². The third kappa shape index (κ3) is 4.18. The van der Waals surface area contributed by atoms with Gasteiger partial charge in [0.05, 0.1) is 10.6 Å². The number of anilines is 1. The van der Waals surface area contributed by atoms with Gasteiger partial charge in [-0.15, -0.1) is 10.2 Å². The Labute approximate surface area is 191 Å². The summed E-state index contributed by atoms with van der Waals surface area (Å²) in [5, 5.41) is 13.1. The number of fused-ring (bicyclic) bond motifs is 1. The molecule has 0 bridgehead atoms. The molecule has 2 aromatic carbocycles. The normalized spacial score (nSPS) is 11.5. The average molecular weight is 457 g/mol. The van der Waals surface area contributed by atoms with Crippen LogP contribution in [-0.2, 0) is 16.4 Å². The Morgan fingerprint density at radius 3 is 2.42 bits per heavy atom. The van der Waals surface area contributed by atoms with Crippen LogP contribution in [0.3, 0.4) is 0 Å². The lowest BCUT2D eigenvalue weighted by Gasteiger charge is -2.10. The van der Waals surface area contributed by atoms with Gasteiger partial charge in [0.2, 0.25) is 0 Å². The fraction of sp³-hybridized carbons (Fsp3) is 0.0833. The molecular formula is C24H20N6O2S. The standard InChI is InChI=1S/C24H20N6O2S/c1-2-17-6-8-21(9-7-17)33(31,32)29-20-5-3-4-19(16-20)22-10-11-23-26-27-24(30(23)28-22)18-12-14-25-15-13-18/h3-16,29H,2H2,1H3. The number of aromatic nitrogens is 5. The number of sulfonamides is 1. The number of benzene rings is 2. The highest BCUT2D eigenvalue weighted by molar-refractivity contribution is 7.92. The van der Waals surface area contributed by atoms with E-state index < -0.39 is 10.0 Å². The topological polar surface area (TPSA) is 102 Å². The van der Waals surface area contributed by atoms with Crippen molar-refractivity contribution >= 4 is 21.4 Å². The summed E-state index contributed by atoms with van der Waals surface area (Å²) >= 11 is 0. The van der Waals surface area contributed by atoms with E-state index >= 15 is 0 Å². The second-order valence-electron chi connectivity index (χ2n) is 7.43. The average Bonchev–Trinajstić information content (AvgIpc) is 3.28. The van der Waals surface area contributed by atoms with Gasteiger partial charge < -0.3 is 0 Å². The maximum atomic E-state index is 12.8. The van der Waals surface area contributed by atoms with Crippen LogP contribution in [0.25, 0.3) is 28.3 Å². The summed E-state index contributed by atoms with van der Waals surface area (Å²) < 4.78 is 30.0. The van der Waals surface area contributed by atoms with Crippen LogP contribution in [0.4, 0.5) is 5.69 Å². The summed E-state index contributed by atoms with van der Waals surface area (Å²) in [7, 11) is -3.71. The van der Waals surface area contributed by atoms with Crippen molar-refractivity contribution in [1.29, 1.82) is 0 Å². The molecule has 0 unspecified atom stereocenters. The fourth-order valence-corrected chi connectivity index (χ4v) is 4.53. The molecule has 0 aliphatic rings. The third-order valence-electron chi connectivity index (χ3n) is 5.25. The van der Waals surface area contributed by atoms with Gasteiger partial charge in [0.15, 0.2) is 11.5 Å². The summed E-state index contributed by atoms with van der Waals surface area (Å²) in [6, 6.07) is 21.3. The highest BCUT2D eigenvalue weighted by Gasteiger charge is 2.15. The molecule has 9 heteroatoms.